The average molecular weight is 268 g/mol. The van der Waals surface area contributed by atoms with Crippen molar-refractivity contribution in [2.24, 2.45) is 0 Å². The lowest BCUT2D eigenvalue weighted by molar-refractivity contribution is 0.277. The minimum absolute atomic E-state index is 0.897. The van der Waals surface area contributed by atoms with Gasteiger partial charge in [0.25, 0.3) is 0 Å². The molecule has 20 heavy (non-hydrogen) atoms. The van der Waals surface area contributed by atoms with Gasteiger partial charge in [-0.2, -0.15) is 0 Å². The third-order valence-electron chi connectivity index (χ3n) is 3.68. The zero-order chi connectivity index (χ0) is 14.2. The number of aryl methyl sites for hydroxylation is 1. The summed E-state index contributed by atoms with van der Waals surface area (Å²) in [6.07, 6.45) is 2.33. The van der Waals surface area contributed by atoms with Gasteiger partial charge in [-0.3, -0.25) is 4.90 Å². The summed E-state index contributed by atoms with van der Waals surface area (Å²) in [5.41, 5.74) is 9.56. The molecule has 0 unspecified atom stereocenters. The van der Waals surface area contributed by atoms with Gasteiger partial charge in [-0.1, -0.05) is 55.5 Å². The molecule has 0 amide bonds. The Labute approximate surface area is 122 Å². The molecule has 0 aliphatic heterocycles. The van der Waals surface area contributed by atoms with Gasteiger partial charge in [0, 0.05) is 12.2 Å². The van der Waals surface area contributed by atoms with E-state index in [1.54, 1.807) is 0 Å². The Hall–Kier alpha value is -1.80. The maximum atomic E-state index is 6.02. The van der Waals surface area contributed by atoms with E-state index in [9.17, 15) is 0 Å². The molecule has 0 heterocycles. The third-order valence-corrected chi connectivity index (χ3v) is 3.68. The molecule has 0 fully saturated rings. The fraction of sp³-hybridized carbons (Fsp3) is 0.333. The SMILES string of the molecule is CCN(CCCc1ccccc1)Cc1ccccc1N. The van der Waals surface area contributed by atoms with Gasteiger partial charge < -0.3 is 5.73 Å². The Kier molecular flexibility index (Phi) is 5.63. The predicted molar refractivity (Wildman–Crippen MR) is 86.6 cm³/mol. The second-order valence-corrected chi connectivity index (χ2v) is 5.16. The van der Waals surface area contributed by atoms with Crippen LogP contribution >= 0.6 is 0 Å². The van der Waals surface area contributed by atoms with Crippen molar-refractivity contribution in [3.05, 3.63) is 65.7 Å². The minimum Gasteiger partial charge on any atom is -0.398 e. The minimum atomic E-state index is 0.897. The highest BCUT2D eigenvalue weighted by atomic mass is 15.1. The molecule has 106 valence electrons. The first kappa shape index (κ1) is 14.6. The highest BCUT2D eigenvalue weighted by Crippen LogP contribution is 2.14. The predicted octanol–water partition coefficient (Wildman–Crippen LogP) is 3.72. The molecule has 2 rings (SSSR count). The molecule has 0 atom stereocenters. The maximum Gasteiger partial charge on any atom is 0.0359 e. The number of nitrogens with zero attached hydrogens (tertiary/aromatic N) is 1. The highest BCUT2D eigenvalue weighted by molar-refractivity contribution is 5.46. The Balaban J connectivity index is 1.82. The molecule has 0 saturated heterocycles. The van der Waals surface area contributed by atoms with Crippen LogP contribution in [0.2, 0.25) is 0 Å². The molecule has 2 heteroatoms. The molecule has 0 aliphatic carbocycles. The molecule has 2 aromatic carbocycles. The van der Waals surface area contributed by atoms with E-state index in [-0.39, 0.29) is 0 Å². The Morgan fingerprint density at radius 1 is 0.950 bits per heavy atom. The summed E-state index contributed by atoms with van der Waals surface area (Å²) in [6, 6.07) is 18.8. The van der Waals surface area contributed by atoms with Crippen molar-refractivity contribution in [2.45, 2.75) is 26.3 Å². The van der Waals surface area contributed by atoms with E-state index in [0.717, 1.165) is 31.7 Å². The van der Waals surface area contributed by atoms with Gasteiger partial charge in [-0.05, 0) is 43.1 Å². The fourth-order valence-corrected chi connectivity index (χ4v) is 2.42. The van der Waals surface area contributed by atoms with Crippen LogP contribution in [0.3, 0.4) is 0 Å². The largest absolute Gasteiger partial charge is 0.398 e. The number of para-hydroxylation sites is 1. The zero-order valence-electron chi connectivity index (χ0n) is 12.3. The number of hydrogen-bond donors (Lipinski definition) is 1. The Morgan fingerprint density at radius 3 is 2.35 bits per heavy atom. The number of rotatable bonds is 7. The standard InChI is InChI=1S/C18H24N2/c1-2-20(15-17-12-6-7-13-18(17)19)14-8-11-16-9-4-3-5-10-16/h3-7,9-10,12-13H,2,8,11,14-15,19H2,1H3. The molecular weight excluding hydrogens is 244 g/mol. The second kappa shape index (κ2) is 7.71. The van der Waals surface area contributed by atoms with E-state index in [0.29, 0.717) is 0 Å². The molecule has 0 aliphatic rings. The van der Waals surface area contributed by atoms with E-state index in [1.165, 1.54) is 17.5 Å². The van der Waals surface area contributed by atoms with Crippen LogP contribution in [-0.2, 0) is 13.0 Å². The molecule has 2 N–H and O–H groups in total. The van der Waals surface area contributed by atoms with Crippen LogP contribution in [0.4, 0.5) is 5.69 Å². The highest BCUT2D eigenvalue weighted by Gasteiger charge is 2.05. The first-order chi connectivity index (χ1) is 9.79. The first-order valence-electron chi connectivity index (χ1n) is 7.39. The lowest BCUT2D eigenvalue weighted by Gasteiger charge is -2.21. The lowest BCUT2D eigenvalue weighted by Crippen LogP contribution is -2.24. The second-order valence-electron chi connectivity index (χ2n) is 5.16. The topological polar surface area (TPSA) is 29.3 Å². The molecule has 2 nitrogen and oxygen atoms in total. The normalized spacial score (nSPS) is 10.9. The van der Waals surface area contributed by atoms with E-state index in [4.69, 9.17) is 5.73 Å². The molecule has 2 aromatic rings. The summed E-state index contributed by atoms with van der Waals surface area (Å²) >= 11 is 0. The summed E-state index contributed by atoms with van der Waals surface area (Å²) in [5, 5.41) is 0. The molecule has 0 aromatic heterocycles. The van der Waals surface area contributed by atoms with Gasteiger partial charge in [0.05, 0.1) is 0 Å². The van der Waals surface area contributed by atoms with Gasteiger partial charge in [0.1, 0.15) is 0 Å². The number of hydrogen-bond acceptors (Lipinski definition) is 2. The average Bonchev–Trinajstić information content (AvgIpc) is 2.49. The summed E-state index contributed by atoms with van der Waals surface area (Å²) in [5.74, 6) is 0. The number of nitrogen functional groups attached to an aromatic ring is 1. The van der Waals surface area contributed by atoms with Crippen molar-refractivity contribution in [1.82, 2.24) is 4.90 Å². The van der Waals surface area contributed by atoms with Crippen LogP contribution in [0.25, 0.3) is 0 Å². The van der Waals surface area contributed by atoms with E-state index < -0.39 is 0 Å². The molecule has 0 bridgehead atoms. The lowest BCUT2D eigenvalue weighted by atomic mass is 10.1. The van der Waals surface area contributed by atoms with Crippen molar-refractivity contribution < 1.29 is 0 Å². The quantitative estimate of drug-likeness (QED) is 0.775. The molecule has 0 spiro atoms. The fourth-order valence-electron chi connectivity index (χ4n) is 2.42. The van der Waals surface area contributed by atoms with Crippen LogP contribution in [0.15, 0.2) is 54.6 Å². The smallest absolute Gasteiger partial charge is 0.0359 e. The molecule has 0 saturated carbocycles. The summed E-state index contributed by atoms with van der Waals surface area (Å²) in [6.45, 7) is 5.32. The summed E-state index contributed by atoms with van der Waals surface area (Å²) in [4.78, 5) is 2.45. The van der Waals surface area contributed by atoms with Crippen LogP contribution in [-0.4, -0.2) is 18.0 Å². The van der Waals surface area contributed by atoms with Gasteiger partial charge in [-0.25, -0.2) is 0 Å². The maximum absolute atomic E-state index is 6.02. The van der Waals surface area contributed by atoms with Gasteiger partial charge in [-0.15, -0.1) is 0 Å². The van der Waals surface area contributed by atoms with Crippen LogP contribution in [0.5, 0.6) is 0 Å². The van der Waals surface area contributed by atoms with E-state index in [2.05, 4.69) is 54.3 Å². The number of anilines is 1. The summed E-state index contributed by atoms with van der Waals surface area (Å²) < 4.78 is 0. The van der Waals surface area contributed by atoms with E-state index >= 15 is 0 Å². The molecular formula is C18H24N2. The van der Waals surface area contributed by atoms with Gasteiger partial charge in [0.2, 0.25) is 0 Å². The Morgan fingerprint density at radius 2 is 1.65 bits per heavy atom. The first-order valence-corrected chi connectivity index (χ1v) is 7.39. The Bertz CT molecular complexity index is 508. The number of nitrogens with two attached hydrogens (primary N) is 1. The zero-order valence-corrected chi connectivity index (χ0v) is 12.3. The van der Waals surface area contributed by atoms with Crippen molar-refractivity contribution in [3.8, 4) is 0 Å². The monoisotopic (exact) mass is 268 g/mol. The third kappa shape index (κ3) is 4.39. The van der Waals surface area contributed by atoms with Crippen molar-refractivity contribution in [2.75, 3.05) is 18.8 Å². The van der Waals surface area contributed by atoms with E-state index in [1.807, 2.05) is 12.1 Å². The number of benzene rings is 2. The van der Waals surface area contributed by atoms with Crippen LogP contribution in [0, 0.1) is 0 Å². The van der Waals surface area contributed by atoms with Gasteiger partial charge in [0.15, 0.2) is 0 Å². The van der Waals surface area contributed by atoms with Crippen LogP contribution in [0.1, 0.15) is 24.5 Å². The van der Waals surface area contributed by atoms with Crippen molar-refractivity contribution >= 4 is 5.69 Å². The summed E-state index contributed by atoms with van der Waals surface area (Å²) in [7, 11) is 0. The van der Waals surface area contributed by atoms with Crippen LogP contribution < -0.4 is 5.73 Å². The van der Waals surface area contributed by atoms with Gasteiger partial charge >= 0.3 is 0 Å². The molecule has 0 radical (unpaired) electrons. The van der Waals surface area contributed by atoms with Crippen molar-refractivity contribution in [3.63, 3.8) is 0 Å². The van der Waals surface area contributed by atoms with Crippen molar-refractivity contribution in [1.29, 1.82) is 0 Å².